The van der Waals surface area contributed by atoms with Crippen molar-refractivity contribution in [3.8, 4) is 11.5 Å². The summed E-state index contributed by atoms with van der Waals surface area (Å²) in [5.41, 5.74) is -1.47. The molecular weight excluding hydrogens is 248 g/mol. The fourth-order valence-corrected chi connectivity index (χ4v) is 2.14. The molecule has 106 valence electrons. The Labute approximate surface area is 112 Å². The van der Waals surface area contributed by atoms with E-state index in [4.69, 9.17) is 0 Å². The van der Waals surface area contributed by atoms with E-state index in [1.165, 1.54) is 19.1 Å². The van der Waals surface area contributed by atoms with Crippen LogP contribution in [0, 0.1) is 5.92 Å². The third-order valence-electron chi connectivity index (χ3n) is 3.31. The molecule has 0 radical (unpaired) electrons. The van der Waals surface area contributed by atoms with Crippen LogP contribution in [0.2, 0.25) is 0 Å². The Balaban J connectivity index is 3.13. The topological polar surface area (TPSA) is 98.0 Å². The van der Waals surface area contributed by atoms with Gasteiger partial charge in [-0.15, -0.1) is 0 Å². The highest BCUT2D eigenvalue weighted by atomic mass is 16.4. The van der Waals surface area contributed by atoms with Gasteiger partial charge in [-0.1, -0.05) is 19.8 Å². The maximum atomic E-state index is 11.3. The highest BCUT2D eigenvalue weighted by Crippen LogP contribution is 2.36. The number of hydrogen-bond donors (Lipinski definition) is 4. The summed E-state index contributed by atoms with van der Waals surface area (Å²) in [6.45, 7) is 3.32. The number of phenolic OH excluding ortho intramolecular Hbond substituents is 2. The molecule has 19 heavy (non-hydrogen) atoms. The number of carbonyl (C=O) groups is 1. The Morgan fingerprint density at radius 2 is 1.79 bits per heavy atom. The minimum atomic E-state index is -1.66. The molecule has 5 heteroatoms. The zero-order valence-corrected chi connectivity index (χ0v) is 11.1. The third kappa shape index (κ3) is 3.61. The highest BCUT2D eigenvalue weighted by molar-refractivity contribution is 5.72. The lowest BCUT2D eigenvalue weighted by Gasteiger charge is -2.30. The van der Waals surface area contributed by atoms with Crippen LogP contribution >= 0.6 is 0 Å². The average Bonchev–Trinajstić information content (AvgIpc) is 2.27. The number of aromatic hydroxyl groups is 2. The predicted molar refractivity (Wildman–Crippen MR) is 70.0 cm³/mol. The fraction of sp³-hybridized carbons (Fsp3) is 0.500. The van der Waals surface area contributed by atoms with Gasteiger partial charge in [0.2, 0.25) is 0 Å². The molecule has 0 bridgehead atoms. The van der Waals surface area contributed by atoms with Crippen LogP contribution in [0.15, 0.2) is 18.2 Å². The normalized spacial score (nSPS) is 15.7. The van der Waals surface area contributed by atoms with Gasteiger partial charge >= 0.3 is 5.97 Å². The standard InChI is InChI=1S/C14H20O5/c1-3-4-5-12(13(17)18)14(2,19)9-6-10(15)8-11(16)7-9/h6-8,12,15-16,19H,3-5H2,1-2H3,(H,17,18). The zero-order chi connectivity index (χ0) is 14.6. The number of aliphatic hydroxyl groups is 1. The summed E-state index contributed by atoms with van der Waals surface area (Å²) in [6, 6.07) is 3.66. The molecule has 0 aliphatic rings. The minimum absolute atomic E-state index is 0.188. The van der Waals surface area contributed by atoms with Gasteiger partial charge < -0.3 is 20.4 Å². The first kappa shape index (κ1) is 15.3. The second kappa shape index (κ2) is 5.93. The molecule has 0 aliphatic heterocycles. The summed E-state index contributed by atoms with van der Waals surface area (Å²) < 4.78 is 0. The maximum Gasteiger partial charge on any atom is 0.309 e. The summed E-state index contributed by atoms with van der Waals surface area (Å²) in [7, 11) is 0. The van der Waals surface area contributed by atoms with Crippen LogP contribution in [0.5, 0.6) is 11.5 Å². The lowest BCUT2D eigenvalue weighted by atomic mass is 9.80. The van der Waals surface area contributed by atoms with Gasteiger partial charge in [0.05, 0.1) is 5.92 Å². The Morgan fingerprint density at radius 3 is 2.21 bits per heavy atom. The van der Waals surface area contributed by atoms with Gasteiger partial charge in [-0.2, -0.15) is 0 Å². The van der Waals surface area contributed by atoms with Crippen molar-refractivity contribution in [2.24, 2.45) is 5.92 Å². The van der Waals surface area contributed by atoms with E-state index in [0.717, 1.165) is 12.5 Å². The smallest absolute Gasteiger partial charge is 0.309 e. The van der Waals surface area contributed by atoms with E-state index < -0.39 is 17.5 Å². The lowest BCUT2D eigenvalue weighted by molar-refractivity contribution is -0.152. The predicted octanol–water partition coefficient (Wildman–Crippen LogP) is 2.20. The Morgan fingerprint density at radius 1 is 1.26 bits per heavy atom. The van der Waals surface area contributed by atoms with Gasteiger partial charge in [-0.3, -0.25) is 4.79 Å². The molecule has 2 atom stereocenters. The first-order valence-electron chi connectivity index (χ1n) is 6.27. The van der Waals surface area contributed by atoms with Crippen molar-refractivity contribution in [2.45, 2.75) is 38.7 Å². The highest BCUT2D eigenvalue weighted by Gasteiger charge is 2.38. The molecule has 0 aliphatic carbocycles. The summed E-state index contributed by atoms with van der Waals surface area (Å²) in [5, 5.41) is 38.6. The SMILES string of the molecule is CCCCC(C(=O)O)C(C)(O)c1cc(O)cc(O)c1. The molecule has 1 aromatic rings. The molecule has 0 spiro atoms. The van der Waals surface area contributed by atoms with Crippen molar-refractivity contribution in [3.05, 3.63) is 23.8 Å². The van der Waals surface area contributed by atoms with Crippen LogP contribution in [-0.2, 0) is 10.4 Å². The van der Waals surface area contributed by atoms with Gasteiger partial charge in [0.15, 0.2) is 0 Å². The fourth-order valence-electron chi connectivity index (χ4n) is 2.14. The van der Waals surface area contributed by atoms with E-state index in [-0.39, 0.29) is 17.1 Å². The van der Waals surface area contributed by atoms with Crippen LogP contribution in [0.25, 0.3) is 0 Å². The van der Waals surface area contributed by atoms with Gasteiger partial charge in [0.1, 0.15) is 17.1 Å². The molecule has 2 unspecified atom stereocenters. The van der Waals surface area contributed by atoms with Crippen molar-refractivity contribution in [1.82, 2.24) is 0 Å². The molecule has 0 saturated heterocycles. The minimum Gasteiger partial charge on any atom is -0.508 e. The van der Waals surface area contributed by atoms with Gasteiger partial charge in [0, 0.05) is 6.07 Å². The Kier molecular flexibility index (Phi) is 4.78. The van der Waals surface area contributed by atoms with Gasteiger partial charge in [-0.05, 0) is 31.0 Å². The van der Waals surface area contributed by atoms with E-state index in [2.05, 4.69) is 0 Å². The van der Waals surface area contributed by atoms with E-state index in [1.54, 1.807) is 0 Å². The summed E-state index contributed by atoms with van der Waals surface area (Å²) in [5.74, 6) is -2.51. The quantitative estimate of drug-likeness (QED) is 0.634. The van der Waals surface area contributed by atoms with E-state index in [0.29, 0.717) is 12.8 Å². The first-order chi connectivity index (χ1) is 8.78. The van der Waals surface area contributed by atoms with Crippen LogP contribution in [0.3, 0.4) is 0 Å². The van der Waals surface area contributed by atoms with Crippen molar-refractivity contribution in [3.63, 3.8) is 0 Å². The number of aliphatic carboxylic acids is 1. The average molecular weight is 268 g/mol. The number of hydrogen-bond acceptors (Lipinski definition) is 4. The third-order valence-corrected chi connectivity index (χ3v) is 3.31. The summed E-state index contributed by atoms with van der Waals surface area (Å²) in [4.78, 5) is 11.3. The van der Waals surface area contributed by atoms with E-state index in [9.17, 15) is 25.2 Å². The van der Waals surface area contributed by atoms with Crippen molar-refractivity contribution in [2.75, 3.05) is 0 Å². The Bertz CT molecular complexity index is 433. The van der Waals surface area contributed by atoms with E-state index >= 15 is 0 Å². The number of carboxylic acid groups (broad SMARTS) is 1. The van der Waals surface area contributed by atoms with Crippen molar-refractivity contribution >= 4 is 5.97 Å². The number of benzene rings is 1. The molecule has 5 nitrogen and oxygen atoms in total. The molecule has 0 heterocycles. The summed E-state index contributed by atoms with van der Waals surface area (Å²) in [6.07, 6.45) is 1.83. The lowest BCUT2D eigenvalue weighted by Crippen LogP contribution is -2.37. The monoisotopic (exact) mass is 268 g/mol. The number of rotatable bonds is 6. The van der Waals surface area contributed by atoms with Crippen LogP contribution in [0.1, 0.15) is 38.7 Å². The molecule has 4 N–H and O–H groups in total. The maximum absolute atomic E-state index is 11.3. The molecule has 1 aromatic carbocycles. The largest absolute Gasteiger partial charge is 0.508 e. The number of unbranched alkanes of at least 4 members (excludes halogenated alkanes) is 1. The van der Waals surface area contributed by atoms with Crippen LogP contribution in [0.4, 0.5) is 0 Å². The van der Waals surface area contributed by atoms with Gasteiger partial charge in [0.25, 0.3) is 0 Å². The first-order valence-corrected chi connectivity index (χ1v) is 6.27. The van der Waals surface area contributed by atoms with Crippen molar-refractivity contribution < 1.29 is 25.2 Å². The molecule has 1 rings (SSSR count). The summed E-state index contributed by atoms with van der Waals surface area (Å²) >= 11 is 0. The van der Waals surface area contributed by atoms with Crippen LogP contribution < -0.4 is 0 Å². The second-order valence-electron chi connectivity index (χ2n) is 4.92. The zero-order valence-electron chi connectivity index (χ0n) is 11.1. The molecular formula is C14H20O5. The van der Waals surface area contributed by atoms with Crippen LogP contribution in [-0.4, -0.2) is 26.4 Å². The second-order valence-corrected chi connectivity index (χ2v) is 4.92. The van der Waals surface area contributed by atoms with Gasteiger partial charge in [-0.25, -0.2) is 0 Å². The molecule has 0 saturated carbocycles. The van der Waals surface area contributed by atoms with E-state index in [1.807, 2.05) is 6.92 Å². The number of phenols is 2. The molecule has 0 fully saturated rings. The number of carboxylic acids is 1. The molecule has 0 amide bonds. The van der Waals surface area contributed by atoms with Crippen molar-refractivity contribution in [1.29, 1.82) is 0 Å². The Hall–Kier alpha value is -1.75. The molecule has 0 aromatic heterocycles.